The van der Waals surface area contributed by atoms with Crippen LogP contribution in [0, 0.1) is 6.92 Å². The van der Waals surface area contributed by atoms with Crippen molar-refractivity contribution in [3.63, 3.8) is 0 Å². The van der Waals surface area contributed by atoms with Crippen LogP contribution in [0.5, 0.6) is 0 Å². The van der Waals surface area contributed by atoms with E-state index in [2.05, 4.69) is 32.9 Å². The third-order valence-corrected chi connectivity index (χ3v) is 3.66. The Morgan fingerprint density at radius 3 is 2.90 bits per heavy atom. The maximum Gasteiger partial charge on any atom is 0.203 e. The molecule has 0 amide bonds. The molecule has 2 rings (SSSR count). The molecule has 2 heterocycles. The van der Waals surface area contributed by atoms with E-state index >= 15 is 0 Å². The summed E-state index contributed by atoms with van der Waals surface area (Å²) in [5, 5.41) is 3.53. The molecule has 6 nitrogen and oxygen atoms in total. The second-order valence-corrected chi connectivity index (χ2v) is 5.70. The predicted molar refractivity (Wildman–Crippen MR) is 83.8 cm³/mol. The number of nitrogens with zero attached hydrogens (tertiary/aromatic N) is 3. The summed E-state index contributed by atoms with van der Waals surface area (Å²) < 4.78 is 12.7. The van der Waals surface area contributed by atoms with Gasteiger partial charge in [0.25, 0.3) is 0 Å². The summed E-state index contributed by atoms with van der Waals surface area (Å²) in [6, 6.07) is 0.367. The number of rotatable bonds is 8. The predicted octanol–water partition coefficient (Wildman–Crippen LogP) is 1.36. The Kier molecular flexibility index (Phi) is 6.48. The molecule has 1 aromatic heterocycles. The van der Waals surface area contributed by atoms with Crippen LogP contribution in [0.15, 0.2) is 6.20 Å². The van der Waals surface area contributed by atoms with Crippen LogP contribution in [0.3, 0.4) is 0 Å². The van der Waals surface area contributed by atoms with E-state index in [0.29, 0.717) is 6.04 Å². The van der Waals surface area contributed by atoms with Crippen molar-refractivity contribution in [2.75, 3.05) is 51.9 Å². The first-order valence-corrected chi connectivity index (χ1v) is 7.78. The lowest BCUT2D eigenvalue weighted by molar-refractivity contribution is 0.0367. The first-order valence-electron chi connectivity index (χ1n) is 7.78. The van der Waals surface area contributed by atoms with Crippen molar-refractivity contribution in [1.82, 2.24) is 14.5 Å². The fraction of sp³-hybridized carbons (Fsp3) is 0.800. The molecule has 0 aliphatic carbocycles. The van der Waals surface area contributed by atoms with Gasteiger partial charge in [0, 0.05) is 52.1 Å². The summed E-state index contributed by atoms with van der Waals surface area (Å²) in [5.74, 6) is 0.962. The van der Waals surface area contributed by atoms with Crippen molar-refractivity contribution in [3.8, 4) is 0 Å². The molecule has 1 fully saturated rings. The molecular weight excluding hydrogens is 268 g/mol. The lowest BCUT2D eigenvalue weighted by atomic mass is 10.3. The summed E-state index contributed by atoms with van der Waals surface area (Å²) in [6.45, 7) is 10.7. The third kappa shape index (κ3) is 5.30. The molecular formula is C15H28N4O2. The van der Waals surface area contributed by atoms with Crippen LogP contribution in [-0.2, 0) is 16.0 Å². The minimum Gasteiger partial charge on any atom is -0.385 e. The Balaban J connectivity index is 1.85. The normalized spacial score (nSPS) is 17.9. The van der Waals surface area contributed by atoms with Gasteiger partial charge in [-0.2, -0.15) is 0 Å². The number of aromatic nitrogens is 2. The van der Waals surface area contributed by atoms with Crippen molar-refractivity contribution in [1.29, 1.82) is 0 Å². The smallest absolute Gasteiger partial charge is 0.203 e. The minimum absolute atomic E-state index is 0.367. The number of ether oxygens (including phenoxy) is 2. The van der Waals surface area contributed by atoms with Crippen molar-refractivity contribution in [2.45, 2.75) is 32.9 Å². The molecule has 0 bridgehead atoms. The van der Waals surface area contributed by atoms with Gasteiger partial charge in [0.2, 0.25) is 5.95 Å². The summed E-state index contributed by atoms with van der Waals surface area (Å²) in [6.07, 6.45) is 3.10. The first kappa shape index (κ1) is 16.3. The molecule has 120 valence electrons. The molecule has 0 radical (unpaired) electrons. The van der Waals surface area contributed by atoms with E-state index in [1.165, 1.54) is 0 Å². The van der Waals surface area contributed by atoms with Crippen LogP contribution >= 0.6 is 0 Å². The van der Waals surface area contributed by atoms with Gasteiger partial charge in [-0.25, -0.2) is 4.98 Å². The van der Waals surface area contributed by atoms with E-state index in [4.69, 9.17) is 9.47 Å². The highest BCUT2D eigenvalue weighted by molar-refractivity contribution is 5.30. The van der Waals surface area contributed by atoms with Gasteiger partial charge < -0.3 is 19.4 Å². The molecule has 6 heteroatoms. The van der Waals surface area contributed by atoms with Crippen molar-refractivity contribution in [2.24, 2.45) is 0 Å². The van der Waals surface area contributed by atoms with Crippen LogP contribution in [0.2, 0.25) is 0 Å². The Labute approximate surface area is 127 Å². The summed E-state index contributed by atoms with van der Waals surface area (Å²) in [4.78, 5) is 7.03. The quantitative estimate of drug-likeness (QED) is 0.734. The van der Waals surface area contributed by atoms with Crippen molar-refractivity contribution < 1.29 is 9.47 Å². The third-order valence-electron chi connectivity index (χ3n) is 3.66. The molecule has 21 heavy (non-hydrogen) atoms. The first-order chi connectivity index (χ1) is 10.2. The summed E-state index contributed by atoms with van der Waals surface area (Å²) >= 11 is 0. The zero-order valence-corrected chi connectivity index (χ0v) is 13.5. The average Bonchev–Trinajstić information content (AvgIpc) is 2.80. The standard InChI is InChI=1S/C15H28N4O2/c1-13(11-18-6-9-21-10-7-18)16-15-17-14(2)12-19(15)5-4-8-20-3/h12-13H,4-11H2,1-3H3,(H,16,17). The lowest BCUT2D eigenvalue weighted by Crippen LogP contribution is -2.42. The molecule has 1 N–H and O–H groups in total. The molecule has 1 aromatic rings. The monoisotopic (exact) mass is 296 g/mol. The topological polar surface area (TPSA) is 51.5 Å². The van der Waals surface area contributed by atoms with Crippen molar-refractivity contribution in [3.05, 3.63) is 11.9 Å². The average molecular weight is 296 g/mol. The molecule has 1 saturated heterocycles. The van der Waals surface area contributed by atoms with E-state index in [9.17, 15) is 0 Å². The van der Waals surface area contributed by atoms with Crippen LogP contribution in [0.4, 0.5) is 5.95 Å². The van der Waals surface area contributed by atoms with Crippen LogP contribution < -0.4 is 5.32 Å². The molecule has 1 unspecified atom stereocenters. The second kappa shape index (κ2) is 8.36. The van der Waals surface area contributed by atoms with Gasteiger partial charge in [0.05, 0.1) is 18.9 Å². The van der Waals surface area contributed by atoms with Gasteiger partial charge in [0.1, 0.15) is 0 Å². The Hall–Kier alpha value is -1.11. The highest BCUT2D eigenvalue weighted by Crippen LogP contribution is 2.11. The highest BCUT2D eigenvalue weighted by Gasteiger charge is 2.15. The Morgan fingerprint density at radius 2 is 2.19 bits per heavy atom. The number of imidazole rings is 1. The fourth-order valence-electron chi connectivity index (χ4n) is 2.65. The van der Waals surface area contributed by atoms with Gasteiger partial charge in [-0.05, 0) is 20.3 Å². The number of aryl methyl sites for hydroxylation is 2. The maximum absolute atomic E-state index is 5.39. The fourth-order valence-corrected chi connectivity index (χ4v) is 2.65. The maximum atomic E-state index is 5.39. The van der Waals surface area contributed by atoms with Gasteiger partial charge in [-0.1, -0.05) is 0 Å². The van der Waals surface area contributed by atoms with Gasteiger partial charge in [0.15, 0.2) is 0 Å². The zero-order chi connectivity index (χ0) is 15.1. The van der Waals surface area contributed by atoms with Gasteiger partial charge >= 0.3 is 0 Å². The number of hydrogen-bond acceptors (Lipinski definition) is 5. The molecule has 1 atom stereocenters. The largest absolute Gasteiger partial charge is 0.385 e. The number of morpholine rings is 1. The number of methoxy groups -OCH3 is 1. The molecule has 0 spiro atoms. The number of hydrogen-bond donors (Lipinski definition) is 1. The molecule has 0 aromatic carbocycles. The molecule has 0 saturated carbocycles. The van der Waals surface area contributed by atoms with Gasteiger partial charge in [-0.3, -0.25) is 4.90 Å². The molecule has 1 aliphatic heterocycles. The van der Waals surface area contributed by atoms with E-state index in [-0.39, 0.29) is 0 Å². The lowest BCUT2D eigenvalue weighted by Gasteiger charge is -2.29. The van der Waals surface area contributed by atoms with Crippen LogP contribution in [-0.4, -0.2) is 67.1 Å². The van der Waals surface area contributed by atoms with E-state index in [1.54, 1.807) is 7.11 Å². The van der Waals surface area contributed by atoms with Crippen LogP contribution in [0.25, 0.3) is 0 Å². The Bertz CT molecular complexity index is 416. The second-order valence-electron chi connectivity index (χ2n) is 5.70. The number of anilines is 1. The van der Waals surface area contributed by atoms with E-state index < -0.39 is 0 Å². The molecule has 1 aliphatic rings. The highest BCUT2D eigenvalue weighted by atomic mass is 16.5. The Morgan fingerprint density at radius 1 is 1.43 bits per heavy atom. The minimum atomic E-state index is 0.367. The SMILES string of the molecule is COCCCn1cc(C)nc1NC(C)CN1CCOCC1. The zero-order valence-electron chi connectivity index (χ0n) is 13.5. The van der Waals surface area contributed by atoms with Crippen molar-refractivity contribution >= 4 is 5.95 Å². The van der Waals surface area contributed by atoms with E-state index in [0.717, 1.165) is 64.1 Å². The number of nitrogens with one attached hydrogen (secondary N) is 1. The summed E-state index contributed by atoms with van der Waals surface area (Å²) in [7, 11) is 1.74. The summed E-state index contributed by atoms with van der Waals surface area (Å²) in [5.41, 5.74) is 1.05. The van der Waals surface area contributed by atoms with Gasteiger partial charge in [-0.15, -0.1) is 0 Å². The van der Waals surface area contributed by atoms with E-state index in [1.807, 2.05) is 6.92 Å². The van der Waals surface area contributed by atoms with Crippen LogP contribution in [0.1, 0.15) is 19.0 Å².